The third-order valence-electron chi connectivity index (χ3n) is 2.56. The van der Waals surface area contributed by atoms with Gasteiger partial charge in [0.1, 0.15) is 6.61 Å². The summed E-state index contributed by atoms with van der Waals surface area (Å²) in [5, 5.41) is 2.59. The number of benzene rings is 1. The van der Waals surface area contributed by atoms with E-state index in [1.54, 1.807) is 19.1 Å². The van der Waals surface area contributed by atoms with E-state index in [0.717, 1.165) is 0 Å². The van der Waals surface area contributed by atoms with E-state index in [1.807, 2.05) is 0 Å². The zero-order chi connectivity index (χ0) is 13.8. The lowest BCUT2D eigenvalue weighted by molar-refractivity contribution is -0.0514. The zero-order valence-electron chi connectivity index (χ0n) is 10.2. The van der Waals surface area contributed by atoms with Crippen LogP contribution in [0.3, 0.4) is 0 Å². The normalized spacial score (nSPS) is 18.1. The van der Waals surface area contributed by atoms with Gasteiger partial charge < -0.3 is 19.5 Å². The Labute approximate surface area is 108 Å². The van der Waals surface area contributed by atoms with Crippen molar-refractivity contribution in [3.05, 3.63) is 23.8 Å². The molecule has 2 rings (SSSR count). The number of amides is 1. The van der Waals surface area contributed by atoms with Crippen LogP contribution in [-0.4, -0.2) is 25.9 Å². The van der Waals surface area contributed by atoms with Crippen LogP contribution in [0.25, 0.3) is 0 Å². The second-order valence-electron chi connectivity index (χ2n) is 3.81. The maximum absolute atomic E-state index is 12.2. The Morgan fingerprint density at radius 1 is 1.47 bits per heavy atom. The highest BCUT2D eigenvalue weighted by Crippen LogP contribution is 2.32. The van der Waals surface area contributed by atoms with Gasteiger partial charge in [0, 0.05) is 0 Å². The number of halogens is 2. The zero-order valence-corrected chi connectivity index (χ0v) is 10.2. The molecular weight excluding hydrogens is 260 g/mol. The molecule has 19 heavy (non-hydrogen) atoms. The molecule has 0 radical (unpaired) electrons. The number of alkyl halides is 2. The molecule has 1 heterocycles. The number of nitrogens with one attached hydrogen (secondary N) is 1. The molecule has 0 spiro atoms. The molecule has 1 N–H and O–H groups in total. The van der Waals surface area contributed by atoms with E-state index in [9.17, 15) is 13.6 Å². The highest BCUT2D eigenvalue weighted by atomic mass is 19.3. The van der Waals surface area contributed by atoms with Crippen LogP contribution >= 0.6 is 0 Å². The number of carbonyl (C=O) groups excluding carboxylic acids is 1. The number of alkyl carbamates (subject to hydrolysis) is 1. The van der Waals surface area contributed by atoms with Gasteiger partial charge >= 0.3 is 12.7 Å². The molecule has 7 heteroatoms. The van der Waals surface area contributed by atoms with Crippen LogP contribution in [0, 0.1) is 0 Å². The highest BCUT2D eigenvalue weighted by molar-refractivity contribution is 5.70. The molecule has 0 bridgehead atoms. The summed E-state index contributed by atoms with van der Waals surface area (Å²) in [5.74, 6) is 0.173. The molecule has 1 aliphatic rings. The molecule has 1 aromatic carbocycles. The first kappa shape index (κ1) is 13.4. The number of cyclic esters (lactones) is 1. The quantitative estimate of drug-likeness (QED) is 0.895. The maximum atomic E-state index is 12.2. The fraction of sp³-hybridized carbons (Fsp3) is 0.417. The lowest BCUT2D eigenvalue weighted by Crippen LogP contribution is -2.18. The van der Waals surface area contributed by atoms with Crippen LogP contribution in [0.15, 0.2) is 18.2 Å². The standard InChI is InChI=1S/C12H13F2NO4/c1-2-17-10-5-7(8-6-18-12(16)15-8)3-4-9(10)19-11(13)14/h3-5,8,11H,2,6H2,1H3,(H,15,16). The Morgan fingerprint density at radius 3 is 2.84 bits per heavy atom. The van der Waals surface area contributed by atoms with Gasteiger partial charge in [0.2, 0.25) is 0 Å². The van der Waals surface area contributed by atoms with Gasteiger partial charge in [-0.2, -0.15) is 8.78 Å². The summed E-state index contributed by atoms with van der Waals surface area (Å²) in [6.07, 6.45) is -0.504. The topological polar surface area (TPSA) is 56.8 Å². The molecule has 5 nitrogen and oxygen atoms in total. The predicted octanol–water partition coefficient (Wildman–Crippen LogP) is 2.47. The van der Waals surface area contributed by atoms with E-state index in [4.69, 9.17) is 9.47 Å². The summed E-state index contributed by atoms with van der Waals surface area (Å²) in [5.41, 5.74) is 0.705. The molecular formula is C12H13F2NO4. The summed E-state index contributed by atoms with van der Waals surface area (Å²) < 4.78 is 38.9. The summed E-state index contributed by atoms with van der Waals surface area (Å²) in [6.45, 7) is -0.672. The van der Waals surface area contributed by atoms with Crippen LogP contribution in [-0.2, 0) is 4.74 Å². The first-order chi connectivity index (χ1) is 9.10. The number of rotatable bonds is 5. The smallest absolute Gasteiger partial charge is 0.407 e. The highest BCUT2D eigenvalue weighted by Gasteiger charge is 2.25. The molecule has 1 saturated heterocycles. The number of ether oxygens (including phenoxy) is 3. The summed E-state index contributed by atoms with van der Waals surface area (Å²) in [4.78, 5) is 11.0. The van der Waals surface area contributed by atoms with Crippen LogP contribution in [0.1, 0.15) is 18.5 Å². The van der Waals surface area contributed by atoms with Crippen molar-refractivity contribution in [1.82, 2.24) is 5.32 Å². The Bertz CT molecular complexity index is 467. The second-order valence-corrected chi connectivity index (χ2v) is 3.81. The predicted molar refractivity (Wildman–Crippen MR) is 61.5 cm³/mol. The molecule has 1 fully saturated rings. The lowest BCUT2D eigenvalue weighted by Gasteiger charge is -2.14. The minimum atomic E-state index is -2.92. The van der Waals surface area contributed by atoms with Gasteiger partial charge in [0.05, 0.1) is 12.6 Å². The van der Waals surface area contributed by atoms with Crippen molar-refractivity contribution in [2.75, 3.05) is 13.2 Å². The van der Waals surface area contributed by atoms with Gasteiger partial charge in [-0.25, -0.2) is 4.79 Å². The fourth-order valence-electron chi connectivity index (χ4n) is 1.77. The van der Waals surface area contributed by atoms with Gasteiger partial charge in [0.25, 0.3) is 0 Å². The largest absolute Gasteiger partial charge is 0.490 e. The summed E-state index contributed by atoms with van der Waals surface area (Å²) >= 11 is 0. The summed E-state index contributed by atoms with van der Waals surface area (Å²) in [7, 11) is 0. The van der Waals surface area contributed by atoms with Crippen molar-refractivity contribution >= 4 is 6.09 Å². The monoisotopic (exact) mass is 273 g/mol. The molecule has 104 valence electrons. The second kappa shape index (κ2) is 5.73. The van der Waals surface area contributed by atoms with Crippen molar-refractivity contribution in [3.8, 4) is 11.5 Å². The van der Waals surface area contributed by atoms with Crippen LogP contribution in [0.2, 0.25) is 0 Å². The van der Waals surface area contributed by atoms with Crippen molar-refractivity contribution < 1.29 is 27.8 Å². The molecule has 1 amide bonds. The van der Waals surface area contributed by atoms with E-state index in [-0.39, 0.29) is 24.1 Å². The van der Waals surface area contributed by atoms with E-state index < -0.39 is 12.7 Å². The van der Waals surface area contributed by atoms with E-state index in [0.29, 0.717) is 12.2 Å². The van der Waals surface area contributed by atoms with Crippen LogP contribution < -0.4 is 14.8 Å². The molecule has 0 saturated carbocycles. The average Bonchev–Trinajstić information content (AvgIpc) is 2.78. The number of hydrogen-bond acceptors (Lipinski definition) is 4. The molecule has 1 atom stereocenters. The minimum Gasteiger partial charge on any atom is -0.490 e. The molecule has 1 aliphatic heterocycles. The third-order valence-corrected chi connectivity index (χ3v) is 2.56. The Hall–Kier alpha value is -2.05. The van der Waals surface area contributed by atoms with E-state index in [1.165, 1.54) is 6.07 Å². The maximum Gasteiger partial charge on any atom is 0.407 e. The van der Waals surface area contributed by atoms with Crippen molar-refractivity contribution in [1.29, 1.82) is 0 Å². The van der Waals surface area contributed by atoms with Gasteiger partial charge in [-0.1, -0.05) is 6.07 Å². The van der Waals surface area contributed by atoms with Crippen molar-refractivity contribution in [2.45, 2.75) is 19.6 Å². The van der Waals surface area contributed by atoms with E-state index in [2.05, 4.69) is 10.1 Å². The summed E-state index contributed by atoms with van der Waals surface area (Å²) in [6, 6.07) is 4.21. The lowest BCUT2D eigenvalue weighted by atomic mass is 10.1. The molecule has 1 aromatic rings. The Balaban J connectivity index is 2.22. The third kappa shape index (κ3) is 3.24. The van der Waals surface area contributed by atoms with E-state index >= 15 is 0 Å². The molecule has 0 aromatic heterocycles. The molecule has 0 aliphatic carbocycles. The van der Waals surface area contributed by atoms with Crippen molar-refractivity contribution in [2.24, 2.45) is 0 Å². The number of carbonyl (C=O) groups is 1. The van der Waals surface area contributed by atoms with Gasteiger partial charge in [-0.05, 0) is 24.6 Å². The minimum absolute atomic E-state index is 0.0363. The van der Waals surface area contributed by atoms with Crippen molar-refractivity contribution in [3.63, 3.8) is 0 Å². The molecule has 1 unspecified atom stereocenters. The van der Waals surface area contributed by atoms with Crippen LogP contribution in [0.5, 0.6) is 11.5 Å². The Morgan fingerprint density at radius 2 is 2.26 bits per heavy atom. The van der Waals surface area contributed by atoms with Crippen LogP contribution in [0.4, 0.5) is 13.6 Å². The first-order valence-corrected chi connectivity index (χ1v) is 5.75. The Kier molecular flexibility index (Phi) is 4.03. The fourth-order valence-corrected chi connectivity index (χ4v) is 1.77. The average molecular weight is 273 g/mol. The van der Waals surface area contributed by atoms with Gasteiger partial charge in [0.15, 0.2) is 11.5 Å². The number of hydrogen-bond donors (Lipinski definition) is 1. The van der Waals surface area contributed by atoms with Gasteiger partial charge in [-0.15, -0.1) is 0 Å². The SMILES string of the molecule is CCOc1cc(C2COC(=O)N2)ccc1OC(F)F. The van der Waals surface area contributed by atoms with Gasteiger partial charge in [-0.3, -0.25) is 0 Å². The first-order valence-electron chi connectivity index (χ1n) is 5.75.